The molecule has 0 heterocycles. The predicted octanol–water partition coefficient (Wildman–Crippen LogP) is 1.88. The maximum atomic E-state index is 12.4. The zero-order valence-electron chi connectivity index (χ0n) is 14.3. The SMILES string of the molecule is Cc1ccccc1C(=O)NC(C(=O)NCC(C)CN)C(C)C.Cl. The summed E-state index contributed by atoms with van der Waals surface area (Å²) < 4.78 is 0. The maximum Gasteiger partial charge on any atom is 0.252 e. The van der Waals surface area contributed by atoms with Crippen molar-refractivity contribution in [1.29, 1.82) is 0 Å². The Morgan fingerprint density at radius 2 is 1.78 bits per heavy atom. The molecule has 0 fully saturated rings. The Morgan fingerprint density at radius 3 is 2.30 bits per heavy atom. The average molecular weight is 342 g/mol. The molecule has 1 aromatic rings. The molecule has 0 aromatic heterocycles. The van der Waals surface area contributed by atoms with Crippen LogP contribution in [0.5, 0.6) is 0 Å². The molecule has 1 aromatic carbocycles. The lowest BCUT2D eigenvalue weighted by molar-refractivity contribution is -0.124. The fraction of sp³-hybridized carbons (Fsp3) is 0.529. The predicted molar refractivity (Wildman–Crippen MR) is 95.7 cm³/mol. The Morgan fingerprint density at radius 1 is 1.17 bits per heavy atom. The largest absolute Gasteiger partial charge is 0.354 e. The number of carbonyl (C=O) groups excluding carboxylic acids is 2. The van der Waals surface area contributed by atoms with Gasteiger partial charge in [0.2, 0.25) is 5.91 Å². The van der Waals surface area contributed by atoms with Crippen LogP contribution >= 0.6 is 12.4 Å². The second kappa shape index (κ2) is 10.2. The Labute approximate surface area is 144 Å². The molecule has 0 bridgehead atoms. The van der Waals surface area contributed by atoms with Crippen LogP contribution in [0.4, 0.5) is 0 Å². The highest BCUT2D eigenvalue weighted by Crippen LogP contribution is 2.09. The summed E-state index contributed by atoms with van der Waals surface area (Å²) in [5.41, 5.74) is 7.03. The van der Waals surface area contributed by atoms with E-state index in [-0.39, 0.29) is 36.1 Å². The van der Waals surface area contributed by atoms with Crippen molar-refractivity contribution in [3.63, 3.8) is 0 Å². The third-order valence-electron chi connectivity index (χ3n) is 3.65. The molecule has 0 aliphatic carbocycles. The van der Waals surface area contributed by atoms with Crippen molar-refractivity contribution in [3.8, 4) is 0 Å². The Bertz CT molecular complexity index is 520. The van der Waals surface area contributed by atoms with Crippen molar-refractivity contribution in [1.82, 2.24) is 10.6 Å². The molecule has 6 heteroatoms. The summed E-state index contributed by atoms with van der Waals surface area (Å²) >= 11 is 0. The van der Waals surface area contributed by atoms with Gasteiger partial charge in [-0.1, -0.05) is 39.0 Å². The van der Waals surface area contributed by atoms with Gasteiger partial charge in [0.25, 0.3) is 5.91 Å². The van der Waals surface area contributed by atoms with Crippen LogP contribution in [0.2, 0.25) is 0 Å². The third kappa shape index (κ3) is 6.59. The lowest BCUT2D eigenvalue weighted by Crippen LogP contribution is -2.50. The standard InChI is InChI=1S/C17H27N3O2.ClH/c1-11(2)15(17(22)19-10-12(3)9-18)20-16(21)14-8-6-5-7-13(14)4;/h5-8,11-12,15H,9-10,18H2,1-4H3,(H,19,22)(H,20,21);1H. The number of rotatable bonds is 7. The van der Waals surface area contributed by atoms with Crippen LogP contribution in [0.25, 0.3) is 0 Å². The van der Waals surface area contributed by atoms with Gasteiger partial charge in [-0.15, -0.1) is 12.4 Å². The van der Waals surface area contributed by atoms with Crippen molar-refractivity contribution >= 4 is 24.2 Å². The molecule has 0 radical (unpaired) electrons. The molecule has 0 saturated carbocycles. The Hall–Kier alpha value is -1.59. The molecular weight excluding hydrogens is 314 g/mol. The lowest BCUT2D eigenvalue weighted by atomic mass is 10.0. The van der Waals surface area contributed by atoms with Crippen LogP contribution in [0, 0.1) is 18.8 Å². The Balaban J connectivity index is 0.00000484. The molecule has 1 rings (SSSR count). The van der Waals surface area contributed by atoms with Crippen molar-refractivity contribution in [2.75, 3.05) is 13.1 Å². The maximum absolute atomic E-state index is 12.4. The van der Waals surface area contributed by atoms with Crippen molar-refractivity contribution < 1.29 is 9.59 Å². The zero-order valence-corrected chi connectivity index (χ0v) is 15.1. The van der Waals surface area contributed by atoms with E-state index in [4.69, 9.17) is 5.73 Å². The second-order valence-electron chi connectivity index (χ2n) is 6.10. The first-order chi connectivity index (χ1) is 10.4. The smallest absolute Gasteiger partial charge is 0.252 e. The minimum atomic E-state index is -0.558. The minimum absolute atomic E-state index is 0. The van der Waals surface area contributed by atoms with Crippen molar-refractivity contribution in [3.05, 3.63) is 35.4 Å². The molecule has 2 amide bonds. The number of nitrogens with one attached hydrogen (secondary N) is 2. The summed E-state index contributed by atoms with van der Waals surface area (Å²) in [4.78, 5) is 24.7. The molecule has 130 valence electrons. The normalized spacial score (nSPS) is 13.0. The van der Waals surface area contributed by atoms with E-state index in [2.05, 4.69) is 10.6 Å². The van der Waals surface area contributed by atoms with Crippen LogP contribution in [-0.4, -0.2) is 30.9 Å². The molecule has 23 heavy (non-hydrogen) atoms. The highest BCUT2D eigenvalue weighted by molar-refractivity contribution is 5.98. The molecule has 0 spiro atoms. The van der Waals surface area contributed by atoms with E-state index >= 15 is 0 Å². The van der Waals surface area contributed by atoms with Crippen LogP contribution < -0.4 is 16.4 Å². The fourth-order valence-electron chi connectivity index (χ4n) is 2.05. The number of hydrogen-bond donors (Lipinski definition) is 3. The van der Waals surface area contributed by atoms with Crippen LogP contribution in [-0.2, 0) is 4.79 Å². The van der Waals surface area contributed by atoms with Crippen molar-refractivity contribution in [2.45, 2.75) is 33.7 Å². The summed E-state index contributed by atoms with van der Waals surface area (Å²) in [6, 6.07) is 6.78. The van der Waals surface area contributed by atoms with Gasteiger partial charge in [-0.2, -0.15) is 0 Å². The van der Waals surface area contributed by atoms with Crippen LogP contribution in [0.15, 0.2) is 24.3 Å². The zero-order chi connectivity index (χ0) is 16.7. The van der Waals surface area contributed by atoms with E-state index in [0.717, 1.165) is 5.56 Å². The van der Waals surface area contributed by atoms with Gasteiger partial charge in [-0.25, -0.2) is 0 Å². The molecule has 5 nitrogen and oxygen atoms in total. The molecule has 0 aliphatic heterocycles. The average Bonchev–Trinajstić information content (AvgIpc) is 2.49. The summed E-state index contributed by atoms with van der Waals surface area (Å²) in [6.45, 7) is 8.70. The van der Waals surface area contributed by atoms with Crippen LogP contribution in [0.3, 0.4) is 0 Å². The van der Waals surface area contributed by atoms with Gasteiger partial charge >= 0.3 is 0 Å². The Kier molecular flexibility index (Phi) is 9.53. The van der Waals surface area contributed by atoms with E-state index in [1.807, 2.05) is 45.9 Å². The van der Waals surface area contributed by atoms with Gasteiger partial charge in [0, 0.05) is 12.1 Å². The van der Waals surface area contributed by atoms with E-state index in [9.17, 15) is 9.59 Å². The van der Waals surface area contributed by atoms with Gasteiger partial charge in [0.15, 0.2) is 0 Å². The monoisotopic (exact) mass is 341 g/mol. The summed E-state index contributed by atoms with van der Waals surface area (Å²) in [6.07, 6.45) is 0. The number of carbonyl (C=O) groups is 2. The topological polar surface area (TPSA) is 84.2 Å². The number of amides is 2. The van der Waals surface area contributed by atoms with E-state index in [1.54, 1.807) is 6.07 Å². The molecule has 2 atom stereocenters. The molecule has 0 saturated heterocycles. The summed E-state index contributed by atoms with van der Waals surface area (Å²) in [5.74, 6) is -0.180. The first-order valence-corrected chi connectivity index (χ1v) is 7.71. The van der Waals surface area contributed by atoms with Crippen LogP contribution in [0.1, 0.15) is 36.7 Å². The van der Waals surface area contributed by atoms with E-state index in [0.29, 0.717) is 18.7 Å². The minimum Gasteiger partial charge on any atom is -0.354 e. The van der Waals surface area contributed by atoms with Gasteiger partial charge in [0.1, 0.15) is 6.04 Å². The number of halogens is 1. The lowest BCUT2D eigenvalue weighted by Gasteiger charge is -2.23. The molecule has 4 N–H and O–H groups in total. The highest BCUT2D eigenvalue weighted by atomic mass is 35.5. The summed E-state index contributed by atoms with van der Waals surface area (Å²) in [5, 5.41) is 5.69. The number of nitrogens with two attached hydrogens (primary N) is 1. The first kappa shape index (κ1) is 21.4. The summed E-state index contributed by atoms with van der Waals surface area (Å²) in [7, 11) is 0. The van der Waals surface area contributed by atoms with Gasteiger partial charge in [0.05, 0.1) is 0 Å². The quantitative estimate of drug-likeness (QED) is 0.708. The van der Waals surface area contributed by atoms with E-state index < -0.39 is 6.04 Å². The van der Waals surface area contributed by atoms with Gasteiger partial charge in [-0.05, 0) is 36.9 Å². The number of benzene rings is 1. The molecule has 2 unspecified atom stereocenters. The molecule has 0 aliphatic rings. The van der Waals surface area contributed by atoms with Crippen molar-refractivity contribution in [2.24, 2.45) is 17.6 Å². The third-order valence-corrected chi connectivity index (χ3v) is 3.65. The number of hydrogen-bond acceptors (Lipinski definition) is 3. The van der Waals surface area contributed by atoms with E-state index in [1.165, 1.54) is 0 Å². The molecular formula is C17H28ClN3O2. The second-order valence-corrected chi connectivity index (χ2v) is 6.10. The number of aryl methyl sites for hydroxylation is 1. The fourth-order valence-corrected chi connectivity index (χ4v) is 2.05. The highest BCUT2D eigenvalue weighted by Gasteiger charge is 2.25. The van der Waals surface area contributed by atoms with Gasteiger partial charge in [-0.3, -0.25) is 9.59 Å². The first-order valence-electron chi connectivity index (χ1n) is 7.71. The van der Waals surface area contributed by atoms with Gasteiger partial charge < -0.3 is 16.4 Å².